The van der Waals surface area contributed by atoms with E-state index in [1.807, 2.05) is 0 Å². The second kappa shape index (κ2) is 3.17. The third-order valence-corrected chi connectivity index (χ3v) is 1.11. The summed E-state index contributed by atoms with van der Waals surface area (Å²) in [7, 11) is 0. The number of halogens is 1. The molecule has 0 atom stereocenters. The largest absolute Gasteiger partial charge is 0.399 e. The molecule has 0 saturated heterocycles. The molecule has 1 rings (SSSR count). The van der Waals surface area contributed by atoms with E-state index in [0.717, 1.165) is 0 Å². The molecule has 0 aliphatic rings. The Bertz CT molecular complexity index is 224. The van der Waals surface area contributed by atoms with Gasteiger partial charge in [0.1, 0.15) is 0 Å². The highest BCUT2D eigenvalue weighted by Gasteiger charge is 1.90. The van der Waals surface area contributed by atoms with Crippen molar-refractivity contribution in [3.05, 3.63) is 18.2 Å². The molecule has 0 aromatic heterocycles. The fraction of sp³-hybridized carbons (Fsp3) is 0. The Hall–Kier alpha value is -1.09. The fourth-order valence-electron chi connectivity index (χ4n) is 0.593. The number of rotatable bonds is 0. The van der Waals surface area contributed by atoms with Crippen LogP contribution in [-0.4, -0.2) is 0 Å². The normalized spacial score (nSPS) is 8.40. The Morgan fingerprint density at radius 2 is 1.50 bits per heavy atom. The molecule has 4 heteroatoms. The van der Waals surface area contributed by atoms with Crippen molar-refractivity contribution in [1.82, 2.24) is 0 Å². The monoisotopic (exact) mass is 159 g/mol. The van der Waals surface area contributed by atoms with E-state index < -0.39 is 0 Å². The molecule has 1 aromatic rings. The average molecular weight is 160 g/mol. The second-order valence-corrected chi connectivity index (χ2v) is 1.89. The van der Waals surface area contributed by atoms with Gasteiger partial charge in [0, 0.05) is 5.69 Å². The summed E-state index contributed by atoms with van der Waals surface area (Å²) in [4.78, 5) is 0. The molecule has 0 unspecified atom stereocenters. The Kier molecular flexibility index (Phi) is 2.83. The van der Waals surface area contributed by atoms with Gasteiger partial charge in [0.25, 0.3) is 0 Å². The van der Waals surface area contributed by atoms with Gasteiger partial charge in [-0.15, -0.1) is 12.4 Å². The summed E-state index contributed by atoms with van der Waals surface area (Å²) < 4.78 is 0. The van der Waals surface area contributed by atoms with Crippen molar-refractivity contribution in [2.24, 2.45) is 0 Å². The summed E-state index contributed by atoms with van der Waals surface area (Å²) in [5.41, 5.74) is 18.0. The van der Waals surface area contributed by atoms with Crippen molar-refractivity contribution in [1.29, 1.82) is 0 Å². The van der Waals surface area contributed by atoms with Crippen molar-refractivity contribution in [2.75, 3.05) is 17.2 Å². The maximum absolute atomic E-state index is 5.42. The van der Waals surface area contributed by atoms with Crippen molar-refractivity contribution in [3.8, 4) is 0 Å². The number of benzene rings is 1. The van der Waals surface area contributed by atoms with Crippen LogP contribution in [0.1, 0.15) is 0 Å². The predicted molar refractivity (Wildman–Crippen MR) is 46.9 cm³/mol. The highest BCUT2D eigenvalue weighted by Crippen LogP contribution is 2.16. The first kappa shape index (κ1) is 8.91. The molecule has 0 aliphatic heterocycles. The number of nitrogens with two attached hydrogens (primary N) is 3. The van der Waals surface area contributed by atoms with Crippen LogP contribution in [0.5, 0.6) is 0 Å². The van der Waals surface area contributed by atoms with Crippen molar-refractivity contribution in [3.63, 3.8) is 0 Å². The predicted octanol–water partition coefficient (Wildman–Crippen LogP) is 0.855. The van der Waals surface area contributed by atoms with Crippen LogP contribution in [0.15, 0.2) is 18.2 Å². The lowest BCUT2D eigenvalue weighted by Crippen LogP contribution is -1.95. The SMILES string of the molecule is Cl.Nc1ccc(N)c(N)c1. The highest BCUT2D eigenvalue weighted by atomic mass is 35.5. The number of hydrogen-bond donors (Lipinski definition) is 3. The van der Waals surface area contributed by atoms with E-state index in [0.29, 0.717) is 17.1 Å². The molecule has 56 valence electrons. The van der Waals surface area contributed by atoms with E-state index in [2.05, 4.69) is 0 Å². The molecule has 0 saturated carbocycles. The van der Waals surface area contributed by atoms with Crippen LogP contribution in [0.4, 0.5) is 17.1 Å². The zero-order chi connectivity index (χ0) is 6.85. The van der Waals surface area contributed by atoms with Crippen LogP contribution in [0.2, 0.25) is 0 Å². The van der Waals surface area contributed by atoms with E-state index in [9.17, 15) is 0 Å². The van der Waals surface area contributed by atoms with Gasteiger partial charge in [-0.05, 0) is 18.2 Å². The minimum atomic E-state index is 0. The smallest absolute Gasteiger partial charge is 0.0568 e. The zero-order valence-electron chi connectivity index (χ0n) is 5.37. The molecule has 0 heterocycles. The Morgan fingerprint density at radius 3 is 1.90 bits per heavy atom. The molecule has 10 heavy (non-hydrogen) atoms. The van der Waals surface area contributed by atoms with E-state index in [1.54, 1.807) is 18.2 Å². The van der Waals surface area contributed by atoms with Gasteiger partial charge in [-0.3, -0.25) is 0 Å². The molecule has 0 spiro atoms. The van der Waals surface area contributed by atoms with E-state index in [1.165, 1.54) is 0 Å². The molecular formula is C6H10ClN3. The number of nitrogen functional groups attached to an aromatic ring is 3. The lowest BCUT2D eigenvalue weighted by atomic mass is 10.2. The molecule has 3 nitrogen and oxygen atoms in total. The molecule has 1 aromatic carbocycles. The lowest BCUT2D eigenvalue weighted by molar-refractivity contribution is 1.65. The molecule has 0 fully saturated rings. The third kappa shape index (κ3) is 1.70. The Balaban J connectivity index is 0.000000810. The summed E-state index contributed by atoms with van der Waals surface area (Å²) in [5, 5.41) is 0. The first-order chi connectivity index (χ1) is 4.20. The van der Waals surface area contributed by atoms with Crippen LogP contribution in [0.3, 0.4) is 0 Å². The summed E-state index contributed by atoms with van der Waals surface area (Å²) in [6, 6.07) is 5.03. The number of anilines is 3. The fourth-order valence-corrected chi connectivity index (χ4v) is 0.593. The van der Waals surface area contributed by atoms with Gasteiger partial charge >= 0.3 is 0 Å². The maximum atomic E-state index is 5.42. The van der Waals surface area contributed by atoms with Gasteiger partial charge in [0.15, 0.2) is 0 Å². The van der Waals surface area contributed by atoms with Gasteiger partial charge < -0.3 is 17.2 Å². The average Bonchev–Trinajstić information content (AvgIpc) is 1.80. The first-order valence-corrected chi connectivity index (χ1v) is 2.60. The third-order valence-electron chi connectivity index (χ3n) is 1.11. The van der Waals surface area contributed by atoms with Crippen molar-refractivity contribution >= 4 is 29.5 Å². The first-order valence-electron chi connectivity index (χ1n) is 2.60. The minimum Gasteiger partial charge on any atom is -0.399 e. The zero-order valence-corrected chi connectivity index (χ0v) is 6.19. The number of hydrogen-bond acceptors (Lipinski definition) is 3. The van der Waals surface area contributed by atoms with Crippen molar-refractivity contribution in [2.45, 2.75) is 0 Å². The minimum absolute atomic E-state index is 0. The van der Waals surface area contributed by atoms with Crippen LogP contribution in [-0.2, 0) is 0 Å². The van der Waals surface area contributed by atoms with Crippen LogP contribution in [0, 0.1) is 0 Å². The van der Waals surface area contributed by atoms with Crippen molar-refractivity contribution < 1.29 is 0 Å². The standard InChI is InChI=1S/C6H9N3.ClH/c7-4-1-2-5(8)6(9)3-4;/h1-3H,7-9H2;1H. The van der Waals surface area contributed by atoms with E-state index in [-0.39, 0.29) is 12.4 Å². The van der Waals surface area contributed by atoms with Gasteiger partial charge in [-0.1, -0.05) is 0 Å². The topological polar surface area (TPSA) is 78.1 Å². The molecule has 0 radical (unpaired) electrons. The lowest BCUT2D eigenvalue weighted by Gasteiger charge is -1.98. The summed E-state index contributed by atoms with van der Waals surface area (Å²) in [5.74, 6) is 0. The van der Waals surface area contributed by atoms with Crippen LogP contribution >= 0.6 is 12.4 Å². The van der Waals surface area contributed by atoms with Gasteiger partial charge in [-0.25, -0.2) is 0 Å². The molecule has 6 N–H and O–H groups in total. The molecule has 0 bridgehead atoms. The Morgan fingerprint density at radius 1 is 0.900 bits per heavy atom. The molecule has 0 amide bonds. The van der Waals surface area contributed by atoms with Gasteiger partial charge in [0.05, 0.1) is 11.4 Å². The van der Waals surface area contributed by atoms with Crippen LogP contribution in [0.25, 0.3) is 0 Å². The summed E-state index contributed by atoms with van der Waals surface area (Å²) in [6.45, 7) is 0. The summed E-state index contributed by atoms with van der Waals surface area (Å²) in [6.07, 6.45) is 0. The highest BCUT2D eigenvalue weighted by molar-refractivity contribution is 5.85. The quantitative estimate of drug-likeness (QED) is 0.492. The second-order valence-electron chi connectivity index (χ2n) is 1.89. The molecule has 0 aliphatic carbocycles. The van der Waals surface area contributed by atoms with Crippen LogP contribution < -0.4 is 17.2 Å². The maximum Gasteiger partial charge on any atom is 0.0568 e. The van der Waals surface area contributed by atoms with Gasteiger partial charge in [-0.2, -0.15) is 0 Å². The van der Waals surface area contributed by atoms with E-state index >= 15 is 0 Å². The van der Waals surface area contributed by atoms with Gasteiger partial charge in [0.2, 0.25) is 0 Å². The Labute approximate surface area is 65.6 Å². The molecular weight excluding hydrogens is 150 g/mol. The summed E-state index contributed by atoms with van der Waals surface area (Å²) >= 11 is 0. The van der Waals surface area contributed by atoms with E-state index in [4.69, 9.17) is 17.2 Å².